The molecular weight excluding hydrogens is 299 g/mol. The summed E-state index contributed by atoms with van der Waals surface area (Å²) in [6, 6.07) is 0. The Morgan fingerprint density at radius 2 is 1.82 bits per heavy atom. The SMILES string of the molecule is CC(=O)NCCN1CCN(c2ncc(C(F)(F)F)cn2)CC1. The first kappa shape index (κ1) is 16.5. The van der Waals surface area contributed by atoms with Crippen LogP contribution in [-0.4, -0.2) is 60.0 Å². The first-order chi connectivity index (χ1) is 10.4. The lowest BCUT2D eigenvalue weighted by atomic mass is 10.3. The van der Waals surface area contributed by atoms with E-state index in [2.05, 4.69) is 20.2 Å². The summed E-state index contributed by atoms with van der Waals surface area (Å²) < 4.78 is 37.4. The zero-order valence-corrected chi connectivity index (χ0v) is 12.2. The van der Waals surface area contributed by atoms with E-state index < -0.39 is 11.7 Å². The monoisotopic (exact) mass is 317 g/mol. The predicted octanol–water partition coefficient (Wildman–Crippen LogP) is 0.754. The van der Waals surface area contributed by atoms with Crippen molar-refractivity contribution in [1.82, 2.24) is 20.2 Å². The molecule has 1 amide bonds. The maximum atomic E-state index is 12.5. The maximum Gasteiger partial charge on any atom is 0.419 e. The van der Waals surface area contributed by atoms with Crippen molar-refractivity contribution in [3.8, 4) is 0 Å². The fourth-order valence-corrected chi connectivity index (χ4v) is 2.19. The summed E-state index contributed by atoms with van der Waals surface area (Å²) in [5.41, 5.74) is -0.842. The molecular formula is C13H18F3N5O. The molecule has 2 rings (SSSR count). The van der Waals surface area contributed by atoms with Gasteiger partial charge in [-0.3, -0.25) is 9.69 Å². The van der Waals surface area contributed by atoms with Crippen molar-refractivity contribution < 1.29 is 18.0 Å². The van der Waals surface area contributed by atoms with Crippen LogP contribution in [0, 0.1) is 0 Å². The van der Waals surface area contributed by atoms with Crippen LogP contribution >= 0.6 is 0 Å². The van der Waals surface area contributed by atoms with Crippen LogP contribution in [0.1, 0.15) is 12.5 Å². The van der Waals surface area contributed by atoms with Crippen LogP contribution in [-0.2, 0) is 11.0 Å². The van der Waals surface area contributed by atoms with Crippen molar-refractivity contribution in [2.45, 2.75) is 13.1 Å². The van der Waals surface area contributed by atoms with Crippen LogP contribution in [0.25, 0.3) is 0 Å². The molecule has 1 fully saturated rings. The molecule has 0 saturated carbocycles. The van der Waals surface area contributed by atoms with E-state index in [9.17, 15) is 18.0 Å². The van der Waals surface area contributed by atoms with Crippen molar-refractivity contribution in [3.63, 3.8) is 0 Å². The lowest BCUT2D eigenvalue weighted by molar-refractivity contribution is -0.138. The van der Waals surface area contributed by atoms with Crippen molar-refractivity contribution >= 4 is 11.9 Å². The fraction of sp³-hybridized carbons (Fsp3) is 0.615. The number of nitrogens with one attached hydrogen (secondary N) is 1. The molecule has 0 radical (unpaired) electrons. The maximum absolute atomic E-state index is 12.5. The summed E-state index contributed by atoms with van der Waals surface area (Å²) in [6.45, 7) is 5.61. The standard InChI is InChI=1S/C13H18F3N5O/c1-10(22)17-2-3-20-4-6-21(7-5-20)12-18-8-11(9-19-12)13(14,15)16/h8-9H,2-7H2,1H3,(H,17,22). The molecule has 0 aromatic carbocycles. The smallest absolute Gasteiger partial charge is 0.355 e. The van der Waals surface area contributed by atoms with E-state index in [4.69, 9.17) is 0 Å². The second kappa shape index (κ2) is 6.91. The molecule has 1 aliphatic heterocycles. The molecule has 0 spiro atoms. The van der Waals surface area contributed by atoms with Gasteiger partial charge in [0.25, 0.3) is 0 Å². The van der Waals surface area contributed by atoms with Gasteiger partial charge in [-0.2, -0.15) is 13.2 Å². The third-order valence-electron chi connectivity index (χ3n) is 3.42. The van der Waals surface area contributed by atoms with Gasteiger partial charge in [-0.05, 0) is 0 Å². The van der Waals surface area contributed by atoms with Gasteiger partial charge in [0, 0.05) is 58.6 Å². The van der Waals surface area contributed by atoms with Crippen molar-refractivity contribution in [2.24, 2.45) is 0 Å². The molecule has 22 heavy (non-hydrogen) atoms. The number of hydrogen-bond acceptors (Lipinski definition) is 5. The molecule has 1 aromatic heterocycles. The average Bonchev–Trinajstić information content (AvgIpc) is 2.47. The van der Waals surface area contributed by atoms with Crippen LogP contribution < -0.4 is 10.2 Å². The van der Waals surface area contributed by atoms with Crippen molar-refractivity contribution in [2.75, 3.05) is 44.2 Å². The molecule has 9 heteroatoms. The highest BCUT2D eigenvalue weighted by molar-refractivity contribution is 5.72. The fourth-order valence-electron chi connectivity index (χ4n) is 2.19. The number of nitrogens with zero attached hydrogens (tertiary/aromatic N) is 4. The molecule has 0 bridgehead atoms. The second-order valence-electron chi connectivity index (χ2n) is 5.08. The number of anilines is 1. The number of alkyl halides is 3. The topological polar surface area (TPSA) is 61.4 Å². The van der Waals surface area contributed by atoms with Crippen LogP contribution in [0.2, 0.25) is 0 Å². The zero-order valence-electron chi connectivity index (χ0n) is 12.2. The molecule has 1 aromatic rings. The van der Waals surface area contributed by atoms with Crippen LogP contribution in [0.5, 0.6) is 0 Å². The van der Waals surface area contributed by atoms with Crippen LogP contribution in [0.15, 0.2) is 12.4 Å². The largest absolute Gasteiger partial charge is 0.419 e. The van der Waals surface area contributed by atoms with E-state index in [0.29, 0.717) is 25.6 Å². The zero-order chi connectivity index (χ0) is 16.2. The average molecular weight is 317 g/mol. The molecule has 6 nitrogen and oxygen atoms in total. The predicted molar refractivity (Wildman–Crippen MR) is 74.4 cm³/mol. The second-order valence-corrected chi connectivity index (χ2v) is 5.08. The normalized spacial score (nSPS) is 16.6. The number of halogens is 3. The molecule has 1 saturated heterocycles. The summed E-state index contributed by atoms with van der Waals surface area (Å²) in [4.78, 5) is 22.4. The van der Waals surface area contributed by atoms with E-state index in [0.717, 1.165) is 32.0 Å². The molecule has 0 atom stereocenters. The number of amides is 1. The van der Waals surface area contributed by atoms with Crippen molar-refractivity contribution in [1.29, 1.82) is 0 Å². The van der Waals surface area contributed by atoms with Crippen LogP contribution in [0.3, 0.4) is 0 Å². The summed E-state index contributed by atoms with van der Waals surface area (Å²) in [6.07, 6.45) is -2.79. The Morgan fingerprint density at radius 1 is 1.23 bits per heavy atom. The molecule has 2 heterocycles. The highest BCUT2D eigenvalue weighted by Gasteiger charge is 2.31. The lowest BCUT2D eigenvalue weighted by Gasteiger charge is -2.34. The van der Waals surface area contributed by atoms with E-state index in [1.54, 1.807) is 0 Å². The minimum atomic E-state index is -4.42. The van der Waals surface area contributed by atoms with Gasteiger partial charge in [0.2, 0.25) is 11.9 Å². The molecule has 0 aliphatic carbocycles. The summed E-state index contributed by atoms with van der Waals surface area (Å²) in [5, 5.41) is 2.73. The highest BCUT2D eigenvalue weighted by atomic mass is 19.4. The molecule has 1 aliphatic rings. The third-order valence-corrected chi connectivity index (χ3v) is 3.42. The first-order valence-electron chi connectivity index (χ1n) is 6.97. The van der Waals surface area contributed by atoms with Gasteiger partial charge in [0.05, 0.1) is 5.56 Å². The number of hydrogen-bond donors (Lipinski definition) is 1. The Bertz CT molecular complexity index is 497. The van der Waals surface area contributed by atoms with Gasteiger partial charge in [0.1, 0.15) is 0 Å². The van der Waals surface area contributed by atoms with Gasteiger partial charge in [-0.25, -0.2) is 9.97 Å². The Balaban J connectivity index is 1.82. The highest BCUT2D eigenvalue weighted by Crippen LogP contribution is 2.28. The number of piperazine rings is 1. The van der Waals surface area contributed by atoms with Gasteiger partial charge < -0.3 is 10.2 Å². The first-order valence-corrected chi connectivity index (χ1v) is 6.97. The summed E-state index contributed by atoms with van der Waals surface area (Å²) in [7, 11) is 0. The van der Waals surface area contributed by atoms with Gasteiger partial charge in [0.15, 0.2) is 0 Å². The Labute approximate surface area is 126 Å². The Morgan fingerprint density at radius 3 is 2.32 bits per heavy atom. The third kappa shape index (κ3) is 4.55. The number of carbonyl (C=O) groups excluding carboxylic acids is 1. The number of carbonyl (C=O) groups is 1. The van der Waals surface area contributed by atoms with Gasteiger partial charge in [-0.15, -0.1) is 0 Å². The Kier molecular flexibility index (Phi) is 5.17. The lowest BCUT2D eigenvalue weighted by Crippen LogP contribution is -2.48. The summed E-state index contributed by atoms with van der Waals surface area (Å²) in [5.74, 6) is 0.256. The van der Waals surface area contributed by atoms with Crippen molar-refractivity contribution in [3.05, 3.63) is 18.0 Å². The molecule has 122 valence electrons. The minimum Gasteiger partial charge on any atom is -0.355 e. The van der Waals surface area contributed by atoms with E-state index in [1.165, 1.54) is 6.92 Å². The summed E-state index contributed by atoms with van der Waals surface area (Å²) >= 11 is 0. The van der Waals surface area contributed by atoms with Crippen LogP contribution in [0.4, 0.5) is 19.1 Å². The Hall–Kier alpha value is -1.90. The minimum absolute atomic E-state index is 0.0585. The number of rotatable bonds is 4. The van der Waals surface area contributed by atoms with E-state index in [-0.39, 0.29) is 5.91 Å². The molecule has 1 N–H and O–H groups in total. The van der Waals surface area contributed by atoms with E-state index in [1.807, 2.05) is 4.90 Å². The van der Waals surface area contributed by atoms with Gasteiger partial charge in [-0.1, -0.05) is 0 Å². The van der Waals surface area contributed by atoms with Gasteiger partial charge >= 0.3 is 6.18 Å². The molecule has 0 unspecified atom stereocenters. The quantitative estimate of drug-likeness (QED) is 0.888. The number of aromatic nitrogens is 2. The van der Waals surface area contributed by atoms with E-state index >= 15 is 0 Å².